The first kappa shape index (κ1) is 32.1. The molecular formula is C34H33ClF2N6O4. The molecule has 6 rings (SSSR count). The minimum absolute atomic E-state index is 0.0132. The number of hydrogen-bond acceptors (Lipinski definition) is 7. The minimum atomic E-state index is -1.01. The van der Waals surface area contributed by atoms with Crippen LogP contribution in [0.3, 0.4) is 0 Å². The van der Waals surface area contributed by atoms with Crippen LogP contribution in [0.2, 0.25) is 5.02 Å². The molecule has 47 heavy (non-hydrogen) atoms. The van der Waals surface area contributed by atoms with Crippen LogP contribution in [0.1, 0.15) is 42.5 Å². The first-order valence-electron chi connectivity index (χ1n) is 15.3. The number of carboxylic acids is 1. The molecule has 0 unspecified atom stereocenters. The zero-order valence-corrected chi connectivity index (χ0v) is 26.4. The van der Waals surface area contributed by atoms with E-state index in [0.29, 0.717) is 13.1 Å². The summed E-state index contributed by atoms with van der Waals surface area (Å²) in [5.41, 5.74) is 3.57. The van der Waals surface area contributed by atoms with Gasteiger partial charge in [-0.15, -0.1) is 0 Å². The summed E-state index contributed by atoms with van der Waals surface area (Å²) >= 11 is 5.79. The number of fused-ring (bicyclic) bond motifs is 1. The van der Waals surface area contributed by atoms with Crippen molar-refractivity contribution in [1.29, 1.82) is 0 Å². The van der Waals surface area contributed by atoms with Gasteiger partial charge in [0, 0.05) is 43.0 Å². The first-order valence-corrected chi connectivity index (χ1v) is 15.6. The van der Waals surface area contributed by atoms with Gasteiger partial charge in [0.25, 0.3) is 0 Å². The molecule has 1 saturated heterocycles. The second-order valence-corrected chi connectivity index (χ2v) is 11.7. The van der Waals surface area contributed by atoms with E-state index in [1.807, 2.05) is 30.7 Å². The van der Waals surface area contributed by atoms with Gasteiger partial charge in [-0.05, 0) is 67.8 Å². The summed E-state index contributed by atoms with van der Waals surface area (Å²) in [5, 5.41) is 9.33. The number of benzene rings is 2. The number of hydrogen-bond donors (Lipinski definition) is 1. The average molecular weight is 663 g/mol. The lowest BCUT2D eigenvalue weighted by Gasteiger charge is -2.31. The molecule has 5 aromatic rings. The van der Waals surface area contributed by atoms with Crippen molar-refractivity contribution in [2.45, 2.75) is 52.1 Å². The van der Waals surface area contributed by atoms with Crippen LogP contribution in [0.25, 0.3) is 17.1 Å². The Labute approximate surface area is 274 Å². The van der Waals surface area contributed by atoms with Gasteiger partial charge in [0.15, 0.2) is 11.6 Å². The Morgan fingerprint density at radius 2 is 1.89 bits per heavy atom. The molecule has 0 aliphatic carbocycles. The zero-order chi connectivity index (χ0) is 32.9. The third kappa shape index (κ3) is 7.78. The Kier molecular flexibility index (Phi) is 9.79. The van der Waals surface area contributed by atoms with Gasteiger partial charge in [0.2, 0.25) is 5.88 Å². The lowest BCUT2D eigenvalue weighted by molar-refractivity contribution is -0.131. The SMILES string of the molecule is CCn1cncc1Cn1c(CN2CCC(Oc3ccc(F)c(COc4ccc(Cl)cc4F)n3)CC2)nc2ccc(/C=C/C(=O)O)cc21. The van der Waals surface area contributed by atoms with Crippen LogP contribution < -0.4 is 9.47 Å². The Hall–Kier alpha value is -4.81. The lowest BCUT2D eigenvalue weighted by Crippen LogP contribution is -2.38. The Bertz CT molecular complexity index is 1920. The van der Waals surface area contributed by atoms with Crippen LogP contribution in [0.4, 0.5) is 8.78 Å². The molecule has 1 fully saturated rings. The molecule has 0 radical (unpaired) electrons. The highest BCUT2D eigenvalue weighted by atomic mass is 35.5. The third-order valence-electron chi connectivity index (χ3n) is 8.07. The lowest BCUT2D eigenvalue weighted by atomic mass is 10.1. The van der Waals surface area contributed by atoms with E-state index < -0.39 is 17.6 Å². The molecule has 1 N–H and O–H groups in total. The summed E-state index contributed by atoms with van der Waals surface area (Å²) in [4.78, 5) is 27.0. The number of ether oxygens (including phenoxy) is 2. The maximum atomic E-state index is 14.5. The number of piperidine rings is 1. The molecule has 244 valence electrons. The average Bonchev–Trinajstić information content (AvgIpc) is 3.65. The van der Waals surface area contributed by atoms with Gasteiger partial charge >= 0.3 is 5.97 Å². The topological polar surface area (TPSA) is 108 Å². The summed E-state index contributed by atoms with van der Waals surface area (Å²) in [6.45, 7) is 5.27. The largest absolute Gasteiger partial charge is 0.484 e. The van der Waals surface area contributed by atoms with Crippen molar-refractivity contribution >= 4 is 34.7 Å². The highest BCUT2D eigenvalue weighted by Crippen LogP contribution is 2.26. The van der Waals surface area contributed by atoms with E-state index in [4.69, 9.17) is 31.2 Å². The van der Waals surface area contributed by atoms with Crippen molar-refractivity contribution < 1.29 is 28.2 Å². The van der Waals surface area contributed by atoms with Crippen molar-refractivity contribution in [3.05, 3.63) is 107 Å². The number of aromatic nitrogens is 5. The summed E-state index contributed by atoms with van der Waals surface area (Å²) in [6.07, 6.45) is 7.71. The molecule has 0 saturated carbocycles. The molecule has 10 nitrogen and oxygen atoms in total. The van der Waals surface area contributed by atoms with Gasteiger partial charge < -0.3 is 23.7 Å². The molecule has 0 spiro atoms. The van der Waals surface area contributed by atoms with Crippen molar-refractivity contribution in [2.75, 3.05) is 13.1 Å². The molecule has 0 amide bonds. The molecule has 1 aliphatic heterocycles. The minimum Gasteiger partial charge on any atom is -0.484 e. The van der Waals surface area contributed by atoms with Gasteiger partial charge in [-0.3, -0.25) is 4.90 Å². The highest BCUT2D eigenvalue weighted by Gasteiger charge is 2.24. The van der Waals surface area contributed by atoms with Crippen LogP contribution in [0.15, 0.2) is 67.1 Å². The zero-order valence-electron chi connectivity index (χ0n) is 25.7. The van der Waals surface area contributed by atoms with Crippen LogP contribution in [0.5, 0.6) is 11.6 Å². The summed E-state index contributed by atoms with van der Waals surface area (Å²) in [6, 6.07) is 12.5. The fourth-order valence-corrected chi connectivity index (χ4v) is 5.77. The first-order chi connectivity index (χ1) is 22.7. The molecule has 1 aliphatic rings. The number of rotatable bonds is 12. The van der Waals surface area contributed by atoms with E-state index in [-0.39, 0.29) is 35.1 Å². The fraction of sp³-hybridized carbons (Fsp3) is 0.294. The summed E-state index contributed by atoms with van der Waals surface area (Å²) in [5.74, 6) is -1.09. The molecule has 3 aromatic heterocycles. The molecule has 13 heteroatoms. The quantitative estimate of drug-likeness (QED) is 0.154. The van der Waals surface area contributed by atoms with Gasteiger partial charge in [0.05, 0.1) is 36.1 Å². The van der Waals surface area contributed by atoms with Crippen molar-refractivity contribution in [1.82, 2.24) is 29.0 Å². The number of halogens is 3. The van der Waals surface area contributed by atoms with E-state index in [0.717, 1.165) is 72.7 Å². The predicted octanol–water partition coefficient (Wildman–Crippen LogP) is 6.35. The normalized spacial score (nSPS) is 14.3. The second-order valence-electron chi connectivity index (χ2n) is 11.2. The van der Waals surface area contributed by atoms with E-state index in [1.54, 1.807) is 6.08 Å². The smallest absolute Gasteiger partial charge is 0.328 e. The molecule has 2 aromatic carbocycles. The standard InChI is InChI=1S/C34H33ClF2N6O4/c1-2-42-21-38-17-24(42)18-43-30-15-22(4-10-34(44)45)3-7-28(30)39-32(43)19-41-13-11-25(12-14-41)47-33-9-6-26(36)29(40-33)20-46-31-8-5-23(35)16-27(31)37/h3-10,15-17,21,25H,2,11-14,18-20H2,1H3,(H,44,45)/b10-4+. The maximum absolute atomic E-state index is 14.5. The van der Waals surface area contributed by atoms with Crippen LogP contribution >= 0.6 is 11.6 Å². The Balaban J connectivity index is 1.12. The fourth-order valence-electron chi connectivity index (χ4n) is 5.61. The third-order valence-corrected chi connectivity index (χ3v) is 8.30. The number of pyridine rings is 1. The van der Waals surface area contributed by atoms with E-state index in [2.05, 4.69) is 30.9 Å². The number of nitrogens with zero attached hydrogens (tertiary/aromatic N) is 6. The van der Waals surface area contributed by atoms with Gasteiger partial charge in [0.1, 0.15) is 30.0 Å². The second kappa shape index (κ2) is 14.3. The number of likely N-dealkylation sites (tertiary alicyclic amines) is 1. The van der Waals surface area contributed by atoms with Gasteiger partial charge in [-0.1, -0.05) is 17.7 Å². The van der Waals surface area contributed by atoms with Gasteiger partial charge in [-0.2, -0.15) is 0 Å². The number of aliphatic carboxylic acids is 1. The highest BCUT2D eigenvalue weighted by molar-refractivity contribution is 6.30. The summed E-state index contributed by atoms with van der Waals surface area (Å²) < 4.78 is 44.4. The van der Waals surface area contributed by atoms with Crippen molar-refractivity contribution in [3.8, 4) is 11.6 Å². The molecule has 0 atom stereocenters. The molecular weight excluding hydrogens is 630 g/mol. The van der Waals surface area contributed by atoms with E-state index >= 15 is 0 Å². The summed E-state index contributed by atoms with van der Waals surface area (Å²) in [7, 11) is 0. The Morgan fingerprint density at radius 3 is 2.66 bits per heavy atom. The van der Waals surface area contributed by atoms with Crippen LogP contribution in [0, 0.1) is 11.6 Å². The molecule has 0 bridgehead atoms. The van der Waals surface area contributed by atoms with Crippen LogP contribution in [-0.4, -0.2) is 59.3 Å². The van der Waals surface area contributed by atoms with E-state index in [1.165, 1.54) is 24.3 Å². The van der Waals surface area contributed by atoms with Crippen LogP contribution in [-0.2, 0) is 31.0 Å². The monoisotopic (exact) mass is 662 g/mol. The van der Waals surface area contributed by atoms with Crippen molar-refractivity contribution in [3.63, 3.8) is 0 Å². The maximum Gasteiger partial charge on any atom is 0.328 e. The number of aryl methyl sites for hydroxylation is 1. The van der Waals surface area contributed by atoms with E-state index in [9.17, 15) is 13.6 Å². The number of carbonyl (C=O) groups is 1. The van der Waals surface area contributed by atoms with Gasteiger partial charge in [-0.25, -0.2) is 28.5 Å². The predicted molar refractivity (Wildman–Crippen MR) is 172 cm³/mol. The van der Waals surface area contributed by atoms with Crippen molar-refractivity contribution in [2.24, 2.45) is 0 Å². The molecule has 4 heterocycles. The number of carboxylic acid groups (broad SMARTS) is 1. The Morgan fingerprint density at radius 1 is 1.06 bits per heavy atom. The number of imidazole rings is 2.